The first-order valence-corrected chi connectivity index (χ1v) is 5.18. The second-order valence-corrected chi connectivity index (χ2v) is 3.88. The molecule has 3 nitrogen and oxygen atoms in total. The number of hydrogen-bond donors (Lipinski definition) is 2. The maximum Gasteiger partial charge on any atom is 0.148 e. The molecule has 0 spiro atoms. The van der Waals surface area contributed by atoms with Gasteiger partial charge in [0, 0.05) is 12.2 Å². The van der Waals surface area contributed by atoms with Crippen LogP contribution in [0.25, 0.3) is 0 Å². The van der Waals surface area contributed by atoms with Gasteiger partial charge >= 0.3 is 0 Å². The monoisotopic (exact) mass is 210 g/mol. The van der Waals surface area contributed by atoms with Crippen LogP contribution >= 0.6 is 0 Å². The second-order valence-electron chi connectivity index (χ2n) is 3.88. The van der Waals surface area contributed by atoms with Crippen molar-refractivity contribution in [1.29, 1.82) is 0 Å². The molecule has 0 radical (unpaired) electrons. The normalized spacial score (nSPS) is 21.7. The molecule has 0 saturated carbocycles. The van der Waals surface area contributed by atoms with E-state index in [1.807, 2.05) is 0 Å². The fourth-order valence-electron chi connectivity index (χ4n) is 1.95. The van der Waals surface area contributed by atoms with Crippen LogP contribution in [0.4, 0.5) is 15.8 Å². The second kappa shape index (κ2) is 4.06. The summed E-state index contributed by atoms with van der Waals surface area (Å²) in [6, 6.07) is 4.57. The molecular formula is C11H15FN2O. The topological polar surface area (TPSA) is 49.5 Å². The zero-order chi connectivity index (χ0) is 10.8. The van der Waals surface area contributed by atoms with Gasteiger partial charge < -0.3 is 15.7 Å². The fourth-order valence-corrected chi connectivity index (χ4v) is 1.95. The van der Waals surface area contributed by atoms with E-state index in [2.05, 4.69) is 0 Å². The molecular weight excluding hydrogens is 195 g/mol. The standard InChI is InChI=1S/C11H15FN2O/c12-9-7-8(13)4-5-10(9)14-6-2-1-3-11(14)15/h4-5,7,11,15H,1-3,6,13H2/t11-/m0/s1. The number of benzene rings is 1. The fraction of sp³-hybridized carbons (Fsp3) is 0.455. The third kappa shape index (κ3) is 2.04. The molecule has 1 atom stereocenters. The van der Waals surface area contributed by atoms with Crippen LogP contribution in [0.5, 0.6) is 0 Å². The molecule has 2 rings (SSSR count). The molecule has 3 N–H and O–H groups in total. The van der Waals surface area contributed by atoms with Crippen molar-refractivity contribution in [3.63, 3.8) is 0 Å². The molecule has 0 amide bonds. The molecule has 1 aromatic carbocycles. The van der Waals surface area contributed by atoms with E-state index in [-0.39, 0.29) is 5.82 Å². The SMILES string of the molecule is Nc1ccc(N2CCCC[C@@H]2O)c(F)c1. The average molecular weight is 210 g/mol. The van der Waals surface area contributed by atoms with Crippen LogP contribution < -0.4 is 10.6 Å². The highest BCUT2D eigenvalue weighted by Crippen LogP contribution is 2.27. The van der Waals surface area contributed by atoms with E-state index in [9.17, 15) is 9.50 Å². The number of rotatable bonds is 1. The third-order valence-electron chi connectivity index (χ3n) is 2.75. The van der Waals surface area contributed by atoms with Crippen molar-refractivity contribution in [3.05, 3.63) is 24.0 Å². The summed E-state index contributed by atoms with van der Waals surface area (Å²) in [5.41, 5.74) is 6.32. The summed E-state index contributed by atoms with van der Waals surface area (Å²) in [5, 5.41) is 9.74. The number of anilines is 2. The molecule has 1 saturated heterocycles. The Bertz CT molecular complexity index is 356. The lowest BCUT2D eigenvalue weighted by Crippen LogP contribution is -2.39. The van der Waals surface area contributed by atoms with Gasteiger partial charge in [0.1, 0.15) is 12.0 Å². The van der Waals surface area contributed by atoms with Gasteiger partial charge in [0.25, 0.3) is 0 Å². The maximum atomic E-state index is 13.6. The number of hydrogen-bond acceptors (Lipinski definition) is 3. The minimum Gasteiger partial charge on any atom is -0.399 e. The summed E-state index contributed by atoms with van der Waals surface area (Å²) < 4.78 is 13.6. The highest BCUT2D eigenvalue weighted by molar-refractivity contribution is 5.54. The van der Waals surface area contributed by atoms with Crippen molar-refractivity contribution in [2.45, 2.75) is 25.5 Å². The van der Waals surface area contributed by atoms with Crippen LogP contribution in [0.15, 0.2) is 18.2 Å². The lowest BCUT2D eigenvalue weighted by Gasteiger charge is -2.34. The van der Waals surface area contributed by atoms with Crippen molar-refractivity contribution in [2.24, 2.45) is 0 Å². The Morgan fingerprint density at radius 3 is 2.87 bits per heavy atom. The van der Waals surface area contributed by atoms with E-state index in [0.717, 1.165) is 12.8 Å². The van der Waals surface area contributed by atoms with Crippen LogP contribution in [0.2, 0.25) is 0 Å². The van der Waals surface area contributed by atoms with Crippen molar-refractivity contribution >= 4 is 11.4 Å². The van der Waals surface area contributed by atoms with E-state index >= 15 is 0 Å². The molecule has 15 heavy (non-hydrogen) atoms. The average Bonchev–Trinajstić information content (AvgIpc) is 2.20. The van der Waals surface area contributed by atoms with E-state index in [0.29, 0.717) is 24.3 Å². The van der Waals surface area contributed by atoms with E-state index in [1.165, 1.54) is 6.07 Å². The van der Waals surface area contributed by atoms with Crippen molar-refractivity contribution in [3.8, 4) is 0 Å². The van der Waals surface area contributed by atoms with Gasteiger partial charge in [-0.15, -0.1) is 0 Å². The molecule has 0 aliphatic carbocycles. The quantitative estimate of drug-likeness (QED) is 0.694. The molecule has 4 heteroatoms. The number of nitrogen functional groups attached to an aromatic ring is 1. The van der Waals surface area contributed by atoms with E-state index in [4.69, 9.17) is 5.73 Å². The molecule has 1 aliphatic heterocycles. The van der Waals surface area contributed by atoms with Gasteiger partial charge in [0.2, 0.25) is 0 Å². The van der Waals surface area contributed by atoms with Gasteiger partial charge in [-0.05, 0) is 37.5 Å². The Labute approximate surface area is 88.3 Å². The van der Waals surface area contributed by atoms with Crippen molar-refractivity contribution in [2.75, 3.05) is 17.2 Å². The van der Waals surface area contributed by atoms with E-state index < -0.39 is 6.23 Å². The Balaban J connectivity index is 2.27. The number of halogens is 1. The smallest absolute Gasteiger partial charge is 0.148 e. The number of aliphatic hydroxyl groups is 1. The Kier molecular flexibility index (Phi) is 2.77. The minimum absolute atomic E-state index is 0.365. The highest BCUT2D eigenvalue weighted by Gasteiger charge is 2.22. The molecule has 1 aliphatic rings. The first kappa shape index (κ1) is 10.2. The number of piperidine rings is 1. The first-order chi connectivity index (χ1) is 7.18. The molecule has 1 fully saturated rings. The Morgan fingerprint density at radius 2 is 2.20 bits per heavy atom. The lowest BCUT2D eigenvalue weighted by molar-refractivity contribution is 0.139. The Morgan fingerprint density at radius 1 is 1.40 bits per heavy atom. The third-order valence-corrected chi connectivity index (χ3v) is 2.75. The van der Waals surface area contributed by atoms with Gasteiger partial charge in [-0.2, -0.15) is 0 Å². The summed E-state index contributed by atoms with van der Waals surface area (Å²) in [6.45, 7) is 0.696. The lowest BCUT2D eigenvalue weighted by atomic mass is 10.1. The number of nitrogens with zero attached hydrogens (tertiary/aromatic N) is 1. The molecule has 0 bridgehead atoms. The summed E-state index contributed by atoms with van der Waals surface area (Å²) >= 11 is 0. The maximum absolute atomic E-state index is 13.6. The van der Waals surface area contributed by atoms with Crippen LogP contribution in [-0.2, 0) is 0 Å². The molecule has 1 aromatic rings. The Hall–Kier alpha value is -1.29. The summed E-state index contributed by atoms with van der Waals surface area (Å²) in [5.74, 6) is -0.365. The van der Waals surface area contributed by atoms with Gasteiger partial charge in [-0.25, -0.2) is 4.39 Å². The van der Waals surface area contributed by atoms with Crippen LogP contribution in [-0.4, -0.2) is 17.9 Å². The van der Waals surface area contributed by atoms with Gasteiger partial charge in [-0.1, -0.05) is 0 Å². The first-order valence-electron chi connectivity index (χ1n) is 5.18. The molecule has 1 heterocycles. The van der Waals surface area contributed by atoms with Gasteiger partial charge in [-0.3, -0.25) is 0 Å². The molecule has 82 valence electrons. The zero-order valence-corrected chi connectivity index (χ0v) is 8.49. The number of nitrogens with two attached hydrogens (primary N) is 1. The molecule has 0 unspecified atom stereocenters. The summed E-state index contributed by atoms with van der Waals surface area (Å²) in [6.07, 6.45) is 2.11. The number of aliphatic hydroxyl groups excluding tert-OH is 1. The largest absolute Gasteiger partial charge is 0.399 e. The molecule has 0 aromatic heterocycles. The zero-order valence-electron chi connectivity index (χ0n) is 8.49. The summed E-state index contributed by atoms with van der Waals surface area (Å²) in [7, 11) is 0. The van der Waals surface area contributed by atoms with Gasteiger partial charge in [0.15, 0.2) is 0 Å². The van der Waals surface area contributed by atoms with Crippen LogP contribution in [0.1, 0.15) is 19.3 Å². The van der Waals surface area contributed by atoms with Gasteiger partial charge in [0.05, 0.1) is 5.69 Å². The van der Waals surface area contributed by atoms with E-state index in [1.54, 1.807) is 17.0 Å². The van der Waals surface area contributed by atoms with Crippen LogP contribution in [0.3, 0.4) is 0 Å². The highest BCUT2D eigenvalue weighted by atomic mass is 19.1. The minimum atomic E-state index is -0.572. The van der Waals surface area contributed by atoms with Crippen molar-refractivity contribution < 1.29 is 9.50 Å². The predicted octanol–water partition coefficient (Wildman–Crippen LogP) is 1.72. The van der Waals surface area contributed by atoms with Crippen molar-refractivity contribution in [1.82, 2.24) is 0 Å². The van der Waals surface area contributed by atoms with Crippen LogP contribution in [0, 0.1) is 5.82 Å². The summed E-state index contributed by atoms with van der Waals surface area (Å²) in [4.78, 5) is 1.69. The predicted molar refractivity (Wildman–Crippen MR) is 58.0 cm³/mol.